The van der Waals surface area contributed by atoms with Crippen molar-refractivity contribution in [1.29, 1.82) is 0 Å². The van der Waals surface area contributed by atoms with Crippen molar-refractivity contribution in [3.63, 3.8) is 0 Å². The summed E-state index contributed by atoms with van der Waals surface area (Å²) in [5.74, 6) is -2.21. The van der Waals surface area contributed by atoms with Crippen molar-refractivity contribution >= 4 is 35.3 Å². The standard InChI is InChI=1S/C26H23F3N4O4/c1-16-6-3-7-17(2)23(16)32-24(35)25(36)33-30-14-18-8-4-11-21(12-18)37-15-22(34)31-20-10-5-9-19(13-20)26(27,28)29/h3-14H,15H2,1-2H3,(H,31,34)(H,32,35)(H,33,36)/b30-14-. The summed E-state index contributed by atoms with van der Waals surface area (Å²) in [6.45, 7) is 3.16. The van der Waals surface area contributed by atoms with Gasteiger partial charge in [-0.1, -0.05) is 36.4 Å². The van der Waals surface area contributed by atoms with Gasteiger partial charge in [0.25, 0.3) is 5.91 Å². The number of para-hydroxylation sites is 1. The fraction of sp³-hybridized carbons (Fsp3) is 0.154. The molecule has 0 aliphatic heterocycles. The summed E-state index contributed by atoms with van der Waals surface area (Å²) in [5, 5.41) is 8.65. The third-order valence-corrected chi connectivity index (χ3v) is 5.01. The van der Waals surface area contributed by atoms with E-state index < -0.39 is 36.1 Å². The molecular weight excluding hydrogens is 489 g/mol. The van der Waals surface area contributed by atoms with Gasteiger partial charge in [0.1, 0.15) is 5.75 Å². The van der Waals surface area contributed by atoms with Crippen LogP contribution in [-0.2, 0) is 20.6 Å². The van der Waals surface area contributed by atoms with Crippen molar-refractivity contribution in [2.45, 2.75) is 20.0 Å². The SMILES string of the molecule is Cc1cccc(C)c1NC(=O)C(=O)N/N=C\c1cccc(OCC(=O)Nc2cccc(C(F)(F)F)c2)c1. The van der Waals surface area contributed by atoms with E-state index in [9.17, 15) is 27.6 Å². The van der Waals surface area contributed by atoms with Crippen molar-refractivity contribution < 1.29 is 32.3 Å². The van der Waals surface area contributed by atoms with Crippen LogP contribution < -0.4 is 20.8 Å². The summed E-state index contributed by atoms with van der Waals surface area (Å²) in [4.78, 5) is 36.3. The maximum Gasteiger partial charge on any atom is 0.416 e. The lowest BCUT2D eigenvalue weighted by Crippen LogP contribution is -2.32. The van der Waals surface area contributed by atoms with Crippen LogP contribution in [-0.4, -0.2) is 30.5 Å². The molecule has 3 aromatic rings. The fourth-order valence-electron chi connectivity index (χ4n) is 3.20. The number of anilines is 2. The summed E-state index contributed by atoms with van der Waals surface area (Å²) in [6.07, 6.45) is -3.25. The van der Waals surface area contributed by atoms with E-state index in [2.05, 4.69) is 21.2 Å². The Morgan fingerprint density at radius 2 is 1.57 bits per heavy atom. The summed E-state index contributed by atoms with van der Waals surface area (Å²) >= 11 is 0. The van der Waals surface area contributed by atoms with Crippen molar-refractivity contribution in [1.82, 2.24) is 5.43 Å². The molecular formula is C26H23F3N4O4. The Kier molecular flexibility index (Phi) is 8.62. The molecule has 3 aromatic carbocycles. The zero-order valence-corrected chi connectivity index (χ0v) is 19.8. The van der Waals surface area contributed by atoms with Gasteiger partial charge >= 0.3 is 18.0 Å². The predicted molar refractivity (Wildman–Crippen MR) is 132 cm³/mol. The number of halogens is 3. The summed E-state index contributed by atoms with van der Waals surface area (Å²) in [7, 11) is 0. The molecule has 37 heavy (non-hydrogen) atoms. The van der Waals surface area contributed by atoms with Gasteiger partial charge < -0.3 is 15.4 Å². The van der Waals surface area contributed by atoms with Gasteiger partial charge in [-0.3, -0.25) is 14.4 Å². The van der Waals surface area contributed by atoms with E-state index in [1.807, 2.05) is 32.0 Å². The molecule has 0 saturated carbocycles. The second kappa shape index (κ2) is 11.8. The van der Waals surface area contributed by atoms with E-state index in [0.29, 0.717) is 11.3 Å². The Bertz CT molecular complexity index is 1320. The van der Waals surface area contributed by atoms with E-state index in [4.69, 9.17) is 4.74 Å². The molecule has 0 radical (unpaired) electrons. The number of carbonyl (C=O) groups excluding carboxylic acids is 3. The maximum atomic E-state index is 12.8. The fourth-order valence-corrected chi connectivity index (χ4v) is 3.20. The first kappa shape index (κ1) is 26.9. The number of nitrogens with one attached hydrogen (secondary N) is 3. The molecule has 0 aliphatic carbocycles. The van der Waals surface area contributed by atoms with E-state index >= 15 is 0 Å². The minimum Gasteiger partial charge on any atom is -0.484 e. The first-order valence-electron chi connectivity index (χ1n) is 10.9. The second-order valence-corrected chi connectivity index (χ2v) is 7.91. The van der Waals surface area contributed by atoms with Gasteiger partial charge in [-0.2, -0.15) is 18.3 Å². The molecule has 0 saturated heterocycles. The third kappa shape index (κ3) is 7.92. The molecule has 0 bridgehead atoms. The van der Waals surface area contributed by atoms with Crippen LogP contribution in [0.4, 0.5) is 24.5 Å². The molecule has 3 N–H and O–H groups in total. The average Bonchev–Trinajstić information content (AvgIpc) is 2.85. The smallest absolute Gasteiger partial charge is 0.416 e. The number of hydrogen-bond acceptors (Lipinski definition) is 5. The number of amides is 3. The van der Waals surface area contributed by atoms with E-state index in [1.54, 1.807) is 18.2 Å². The van der Waals surface area contributed by atoms with Gasteiger partial charge in [0.15, 0.2) is 6.61 Å². The van der Waals surface area contributed by atoms with Crippen molar-refractivity contribution in [3.8, 4) is 5.75 Å². The van der Waals surface area contributed by atoms with Crippen molar-refractivity contribution in [2.24, 2.45) is 5.10 Å². The van der Waals surface area contributed by atoms with Gasteiger partial charge in [0.05, 0.1) is 11.8 Å². The number of alkyl halides is 3. The Hall–Kier alpha value is -4.67. The molecule has 11 heteroatoms. The quantitative estimate of drug-likeness (QED) is 0.247. The minimum absolute atomic E-state index is 0.0123. The van der Waals surface area contributed by atoms with Gasteiger partial charge in [-0.15, -0.1) is 0 Å². The lowest BCUT2D eigenvalue weighted by atomic mass is 10.1. The summed E-state index contributed by atoms with van der Waals surface area (Å²) in [6, 6.07) is 16.0. The van der Waals surface area contributed by atoms with Crippen LogP contribution in [0.1, 0.15) is 22.3 Å². The Morgan fingerprint density at radius 1 is 0.892 bits per heavy atom. The number of benzene rings is 3. The van der Waals surface area contributed by atoms with Gasteiger partial charge in [-0.05, 0) is 60.9 Å². The molecule has 0 fully saturated rings. The van der Waals surface area contributed by atoms with Gasteiger partial charge in [-0.25, -0.2) is 5.43 Å². The molecule has 192 valence electrons. The molecule has 0 atom stereocenters. The third-order valence-electron chi connectivity index (χ3n) is 5.01. The largest absolute Gasteiger partial charge is 0.484 e. The van der Waals surface area contributed by atoms with Gasteiger partial charge in [0.2, 0.25) is 0 Å². The first-order chi connectivity index (χ1) is 17.5. The Morgan fingerprint density at radius 3 is 2.27 bits per heavy atom. The topological polar surface area (TPSA) is 109 Å². The van der Waals surface area contributed by atoms with Crippen LogP contribution >= 0.6 is 0 Å². The van der Waals surface area contributed by atoms with Gasteiger partial charge in [0, 0.05) is 11.4 Å². The van der Waals surface area contributed by atoms with Crippen molar-refractivity contribution in [2.75, 3.05) is 17.2 Å². The highest BCUT2D eigenvalue weighted by Crippen LogP contribution is 2.30. The number of ether oxygens (including phenoxy) is 1. The lowest BCUT2D eigenvalue weighted by molar-refractivity contribution is -0.137. The number of rotatable bonds is 7. The monoisotopic (exact) mass is 512 g/mol. The van der Waals surface area contributed by atoms with Crippen LogP contribution in [0.25, 0.3) is 0 Å². The maximum absolute atomic E-state index is 12.8. The number of hydrogen-bond donors (Lipinski definition) is 3. The molecule has 0 aromatic heterocycles. The zero-order chi connectivity index (χ0) is 27.0. The molecule has 0 unspecified atom stereocenters. The molecule has 0 aliphatic rings. The first-order valence-corrected chi connectivity index (χ1v) is 10.9. The number of carbonyl (C=O) groups is 3. The minimum atomic E-state index is -4.53. The highest BCUT2D eigenvalue weighted by Gasteiger charge is 2.30. The molecule has 3 rings (SSSR count). The normalized spacial score (nSPS) is 11.2. The van der Waals surface area contributed by atoms with Crippen molar-refractivity contribution in [3.05, 3.63) is 89.0 Å². The zero-order valence-electron chi connectivity index (χ0n) is 19.8. The summed E-state index contributed by atoms with van der Waals surface area (Å²) in [5.41, 5.74) is 3.90. The molecule has 8 nitrogen and oxygen atoms in total. The molecule has 0 heterocycles. The number of hydrazone groups is 1. The van der Waals surface area contributed by atoms with Crippen LogP contribution in [0, 0.1) is 13.8 Å². The van der Waals surface area contributed by atoms with E-state index in [-0.39, 0.29) is 11.4 Å². The number of aryl methyl sites for hydroxylation is 2. The Labute approximate surface area is 210 Å². The van der Waals surface area contributed by atoms with Crippen LogP contribution in [0.3, 0.4) is 0 Å². The second-order valence-electron chi connectivity index (χ2n) is 7.91. The van der Waals surface area contributed by atoms with Crippen LogP contribution in [0.2, 0.25) is 0 Å². The molecule has 3 amide bonds. The van der Waals surface area contributed by atoms with Crippen LogP contribution in [0.5, 0.6) is 5.75 Å². The highest BCUT2D eigenvalue weighted by molar-refractivity contribution is 6.39. The lowest BCUT2D eigenvalue weighted by Gasteiger charge is -2.11. The highest BCUT2D eigenvalue weighted by atomic mass is 19.4. The average molecular weight is 512 g/mol. The summed E-state index contributed by atoms with van der Waals surface area (Å²) < 4.78 is 43.8. The molecule has 0 spiro atoms. The van der Waals surface area contributed by atoms with E-state index in [1.165, 1.54) is 24.4 Å². The number of nitrogens with zero attached hydrogens (tertiary/aromatic N) is 1. The van der Waals surface area contributed by atoms with Crippen LogP contribution in [0.15, 0.2) is 71.8 Å². The Balaban J connectivity index is 1.51. The predicted octanol–water partition coefficient (Wildman–Crippen LogP) is 4.43. The van der Waals surface area contributed by atoms with E-state index in [0.717, 1.165) is 23.3 Å².